The number of hydrogen-bond donors (Lipinski definition) is 0. The summed E-state index contributed by atoms with van der Waals surface area (Å²) < 4.78 is 18.9. The summed E-state index contributed by atoms with van der Waals surface area (Å²) in [6, 6.07) is 11.2. The van der Waals surface area contributed by atoms with E-state index >= 15 is 0 Å². The summed E-state index contributed by atoms with van der Waals surface area (Å²) in [6.45, 7) is 10.0. The molecule has 0 bridgehead atoms. The highest BCUT2D eigenvalue weighted by Crippen LogP contribution is 2.46. The highest BCUT2D eigenvalue weighted by atomic mass is 79.9. The highest BCUT2D eigenvalue weighted by molar-refractivity contribution is 9.10. The number of fused-ring (bicyclic) bond motifs is 3. The number of aromatic nitrogens is 3. The number of unbranched alkanes of at least 4 members (excludes halogenated alkanes) is 1. The standard InChI is InChI=1S/C27H29BrN4O4S/c1-5-8-14-37-27-29-25-23(30-31-27)19-11-9-10-12-21(19)32(17(4)33)26(36-25)18-15-20(28)24(35-13-6-2)22(16-18)34-7-3/h6,9-12,15-16,26H,2,5,7-8,13-14H2,1,3-4H3. The summed E-state index contributed by atoms with van der Waals surface area (Å²) in [4.78, 5) is 19.4. The van der Waals surface area contributed by atoms with E-state index in [1.165, 1.54) is 18.7 Å². The van der Waals surface area contributed by atoms with Gasteiger partial charge in [-0.25, -0.2) is 0 Å². The van der Waals surface area contributed by atoms with Gasteiger partial charge in [-0.2, -0.15) is 4.98 Å². The molecule has 0 spiro atoms. The Hall–Kier alpha value is -3.11. The summed E-state index contributed by atoms with van der Waals surface area (Å²) in [6.07, 6.45) is 2.95. The number of nitrogens with zero attached hydrogens (tertiary/aromatic N) is 4. The Kier molecular flexibility index (Phi) is 9.04. The minimum absolute atomic E-state index is 0.197. The zero-order valence-electron chi connectivity index (χ0n) is 21.1. The van der Waals surface area contributed by atoms with Crippen molar-refractivity contribution in [2.45, 2.75) is 45.0 Å². The molecule has 1 unspecified atom stereocenters. The molecule has 8 nitrogen and oxygen atoms in total. The molecule has 1 aromatic heterocycles. The molecule has 2 heterocycles. The third kappa shape index (κ3) is 5.91. The van der Waals surface area contributed by atoms with Crippen molar-refractivity contribution in [1.29, 1.82) is 0 Å². The summed E-state index contributed by atoms with van der Waals surface area (Å²) in [5, 5.41) is 9.34. The summed E-state index contributed by atoms with van der Waals surface area (Å²) in [7, 11) is 0. The van der Waals surface area contributed by atoms with Crippen LogP contribution in [-0.2, 0) is 4.79 Å². The van der Waals surface area contributed by atoms with E-state index in [0.717, 1.165) is 24.2 Å². The maximum absolute atomic E-state index is 13.1. The molecule has 1 atom stereocenters. The lowest BCUT2D eigenvalue weighted by molar-refractivity contribution is -0.118. The van der Waals surface area contributed by atoms with Gasteiger partial charge in [0.05, 0.1) is 16.8 Å². The number of thioether (sulfide) groups is 1. The number of ether oxygens (including phenoxy) is 3. The first-order valence-electron chi connectivity index (χ1n) is 12.1. The quantitative estimate of drug-likeness (QED) is 0.150. The van der Waals surface area contributed by atoms with Crippen LogP contribution < -0.4 is 19.1 Å². The van der Waals surface area contributed by atoms with Crippen molar-refractivity contribution >= 4 is 39.3 Å². The van der Waals surface area contributed by atoms with Crippen molar-refractivity contribution in [3.8, 4) is 28.6 Å². The summed E-state index contributed by atoms with van der Waals surface area (Å²) >= 11 is 5.15. The Morgan fingerprint density at radius 3 is 2.78 bits per heavy atom. The lowest BCUT2D eigenvalue weighted by Crippen LogP contribution is -2.36. The third-order valence-electron chi connectivity index (χ3n) is 5.54. The summed E-state index contributed by atoms with van der Waals surface area (Å²) in [5.74, 6) is 2.07. The number of anilines is 1. The molecule has 1 aliphatic heterocycles. The van der Waals surface area contributed by atoms with Crippen LogP contribution in [0.4, 0.5) is 5.69 Å². The number of hydrogen-bond acceptors (Lipinski definition) is 8. The van der Waals surface area contributed by atoms with Crippen LogP contribution in [0.2, 0.25) is 0 Å². The molecular weight excluding hydrogens is 556 g/mol. The van der Waals surface area contributed by atoms with Crippen LogP contribution in [0.5, 0.6) is 17.4 Å². The van der Waals surface area contributed by atoms with E-state index in [-0.39, 0.29) is 5.91 Å². The van der Waals surface area contributed by atoms with E-state index < -0.39 is 6.23 Å². The second-order valence-electron chi connectivity index (χ2n) is 8.19. The molecule has 1 aliphatic rings. The van der Waals surface area contributed by atoms with Crippen LogP contribution in [0.25, 0.3) is 11.3 Å². The van der Waals surface area contributed by atoms with Gasteiger partial charge in [0.2, 0.25) is 23.2 Å². The molecule has 4 rings (SSSR count). The van der Waals surface area contributed by atoms with Crippen LogP contribution in [0.15, 0.2) is 58.7 Å². The van der Waals surface area contributed by atoms with Crippen LogP contribution >= 0.6 is 27.7 Å². The number of halogens is 1. The Labute approximate surface area is 229 Å². The van der Waals surface area contributed by atoms with E-state index in [4.69, 9.17) is 19.2 Å². The molecule has 1 amide bonds. The molecule has 194 valence electrons. The lowest BCUT2D eigenvalue weighted by atomic mass is 10.1. The van der Waals surface area contributed by atoms with E-state index in [9.17, 15) is 4.79 Å². The fourth-order valence-corrected chi connectivity index (χ4v) is 5.35. The van der Waals surface area contributed by atoms with Gasteiger partial charge >= 0.3 is 0 Å². The Balaban J connectivity index is 1.86. The van der Waals surface area contributed by atoms with Gasteiger partial charge in [0, 0.05) is 23.8 Å². The number of carbonyl (C=O) groups excluding carboxylic acids is 1. The van der Waals surface area contributed by atoms with Crippen LogP contribution in [0.3, 0.4) is 0 Å². The minimum atomic E-state index is -0.839. The SMILES string of the molecule is C=CCOc1c(Br)cc(C2Oc3nc(SCCCC)nnc3-c3ccccc3N2C(C)=O)cc1OCC. The second kappa shape index (κ2) is 12.4. The van der Waals surface area contributed by atoms with E-state index in [2.05, 4.69) is 39.6 Å². The predicted molar refractivity (Wildman–Crippen MR) is 148 cm³/mol. The van der Waals surface area contributed by atoms with E-state index in [0.29, 0.717) is 57.2 Å². The Bertz CT molecular complexity index is 1290. The number of carbonyl (C=O) groups is 1. The lowest BCUT2D eigenvalue weighted by Gasteiger charge is -2.30. The van der Waals surface area contributed by atoms with Crippen molar-refractivity contribution in [2.24, 2.45) is 0 Å². The summed E-state index contributed by atoms with van der Waals surface area (Å²) in [5.41, 5.74) is 2.54. The van der Waals surface area contributed by atoms with Crippen LogP contribution in [-0.4, -0.2) is 40.1 Å². The van der Waals surface area contributed by atoms with Gasteiger partial charge < -0.3 is 14.2 Å². The average Bonchev–Trinajstić information content (AvgIpc) is 3.03. The van der Waals surface area contributed by atoms with Gasteiger partial charge in [-0.3, -0.25) is 9.69 Å². The molecule has 0 aliphatic carbocycles. The first-order valence-corrected chi connectivity index (χ1v) is 13.9. The number of rotatable bonds is 10. The van der Waals surface area contributed by atoms with Crippen molar-refractivity contribution < 1.29 is 19.0 Å². The van der Waals surface area contributed by atoms with Crippen LogP contribution in [0.1, 0.15) is 45.4 Å². The van der Waals surface area contributed by atoms with Crippen molar-refractivity contribution in [3.05, 3.63) is 59.1 Å². The molecule has 10 heteroatoms. The average molecular weight is 586 g/mol. The molecular formula is C27H29BrN4O4S. The molecule has 37 heavy (non-hydrogen) atoms. The van der Waals surface area contributed by atoms with Gasteiger partial charge in [0.15, 0.2) is 17.2 Å². The molecule has 0 saturated carbocycles. The van der Waals surface area contributed by atoms with Crippen molar-refractivity contribution in [3.63, 3.8) is 0 Å². The van der Waals surface area contributed by atoms with Crippen LogP contribution in [0, 0.1) is 0 Å². The Morgan fingerprint density at radius 2 is 2.05 bits per heavy atom. The maximum Gasteiger partial charge on any atom is 0.247 e. The van der Waals surface area contributed by atoms with Gasteiger partial charge in [0.25, 0.3) is 0 Å². The van der Waals surface area contributed by atoms with Gasteiger partial charge in [-0.15, -0.1) is 10.2 Å². The molecule has 0 saturated heterocycles. The Morgan fingerprint density at radius 1 is 1.24 bits per heavy atom. The maximum atomic E-state index is 13.1. The number of amides is 1. The van der Waals surface area contributed by atoms with Gasteiger partial charge in [0.1, 0.15) is 6.61 Å². The fraction of sp³-hybridized carbons (Fsp3) is 0.333. The zero-order valence-corrected chi connectivity index (χ0v) is 23.5. The van der Waals surface area contributed by atoms with Crippen molar-refractivity contribution in [2.75, 3.05) is 23.9 Å². The second-order valence-corrected chi connectivity index (χ2v) is 10.1. The first kappa shape index (κ1) is 26.9. The largest absolute Gasteiger partial charge is 0.490 e. The molecule has 0 N–H and O–H groups in total. The smallest absolute Gasteiger partial charge is 0.247 e. The van der Waals surface area contributed by atoms with Crippen molar-refractivity contribution in [1.82, 2.24) is 15.2 Å². The highest BCUT2D eigenvalue weighted by Gasteiger charge is 2.35. The number of benzene rings is 2. The normalized spacial score (nSPS) is 14.2. The third-order valence-corrected chi connectivity index (χ3v) is 7.06. The predicted octanol–water partition coefficient (Wildman–Crippen LogP) is 6.60. The zero-order chi connectivity index (χ0) is 26.4. The minimum Gasteiger partial charge on any atom is -0.490 e. The van der Waals surface area contributed by atoms with Gasteiger partial charge in [-0.05, 0) is 47.5 Å². The van der Waals surface area contributed by atoms with E-state index in [1.54, 1.807) is 11.0 Å². The molecule has 3 aromatic rings. The first-order chi connectivity index (χ1) is 18.0. The van der Waals surface area contributed by atoms with E-state index in [1.807, 2.05) is 43.3 Å². The van der Waals surface area contributed by atoms with Gasteiger partial charge in [-0.1, -0.05) is 56.0 Å². The fourth-order valence-electron chi connectivity index (χ4n) is 3.91. The number of para-hydroxylation sites is 1. The topological polar surface area (TPSA) is 86.7 Å². The monoisotopic (exact) mass is 584 g/mol. The molecule has 2 aromatic carbocycles. The molecule has 0 radical (unpaired) electrons. The molecule has 0 fully saturated rings.